The molecule has 7 nitrogen and oxygen atoms in total. The first-order chi connectivity index (χ1) is 13.1. The number of hydrogen-bond donors (Lipinski definition) is 2. The Bertz CT molecular complexity index is 943. The van der Waals surface area contributed by atoms with Crippen molar-refractivity contribution in [3.8, 4) is 0 Å². The lowest BCUT2D eigenvalue weighted by atomic mass is 10.2. The van der Waals surface area contributed by atoms with Gasteiger partial charge in [0.15, 0.2) is 0 Å². The molecular formula is C20H23N5O2. The summed E-state index contributed by atoms with van der Waals surface area (Å²) < 4.78 is 5.39. The molecular weight excluding hydrogens is 342 g/mol. The number of benzene rings is 2. The van der Waals surface area contributed by atoms with Gasteiger partial charge in [-0.1, -0.05) is 0 Å². The Hall–Kier alpha value is -3.06. The number of nitrogens with zero attached hydrogens (tertiary/aromatic N) is 3. The molecule has 27 heavy (non-hydrogen) atoms. The van der Waals surface area contributed by atoms with Crippen molar-refractivity contribution in [2.45, 2.75) is 0 Å². The highest BCUT2D eigenvalue weighted by Gasteiger charge is 2.15. The van der Waals surface area contributed by atoms with E-state index >= 15 is 0 Å². The molecule has 1 saturated heterocycles. The van der Waals surface area contributed by atoms with Crippen LogP contribution < -0.4 is 15.1 Å². The Morgan fingerprint density at radius 3 is 2.59 bits per heavy atom. The van der Waals surface area contributed by atoms with Gasteiger partial charge in [0.05, 0.1) is 24.2 Å². The number of rotatable bonds is 4. The van der Waals surface area contributed by atoms with Gasteiger partial charge in [-0.2, -0.15) is 0 Å². The molecule has 0 aliphatic carbocycles. The molecule has 0 bridgehead atoms. The maximum atomic E-state index is 12.5. The number of carbonyl (C=O) groups excluding carboxylic acids is 1. The highest BCUT2D eigenvalue weighted by molar-refractivity contribution is 6.05. The number of anilines is 3. The monoisotopic (exact) mass is 365 g/mol. The largest absolute Gasteiger partial charge is 0.378 e. The third-order valence-corrected chi connectivity index (χ3v) is 4.68. The van der Waals surface area contributed by atoms with Crippen molar-refractivity contribution < 1.29 is 9.53 Å². The van der Waals surface area contributed by atoms with Crippen LogP contribution in [0.1, 0.15) is 10.4 Å². The van der Waals surface area contributed by atoms with Gasteiger partial charge in [-0.05, 0) is 42.5 Å². The Labute approximate surface area is 157 Å². The summed E-state index contributed by atoms with van der Waals surface area (Å²) in [5.41, 5.74) is 4.20. The fraction of sp³-hybridized carbons (Fsp3) is 0.300. The maximum absolute atomic E-state index is 12.5. The third-order valence-electron chi connectivity index (χ3n) is 4.68. The second-order valence-corrected chi connectivity index (χ2v) is 6.79. The highest BCUT2D eigenvalue weighted by atomic mass is 16.5. The number of imidazole rings is 1. The lowest BCUT2D eigenvalue weighted by Crippen LogP contribution is -2.36. The van der Waals surface area contributed by atoms with Crippen molar-refractivity contribution in [1.29, 1.82) is 0 Å². The fourth-order valence-electron chi connectivity index (χ4n) is 3.11. The number of hydrogen-bond acceptors (Lipinski definition) is 5. The van der Waals surface area contributed by atoms with Gasteiger partial charge in [-0.25, -0.2) is 4.98 Å². The zero-order valence-electron chi connectivity index (χ0n) is 15.5. The molecule has 2 aromatic carbocycles. The SMILES string of the molecule is CN(C)c1ccc(C(=O)Nc2ccc3nc(N4CCOCC4)[nH]c3c2)cc1. The van der Waals surface area contributed by atoms with Crippen LogP contribution in [0.5, 0.6) is 0 Å². The Morgan fingerprint density at radius 2 is 1.89 bits per heavy atom. The first kappa shape index (κ1) is 17.4. The second-order valence-electron chi connectivity index (χ2n) is 6.79. The fourth-order valence-corrected chi connectivity index (χ4v) is 3.11. The molecule has 1 aromatic heterocycles. The van der Waals surface area contributed by atoms with Crippen LogP contribution in [0, 0.1) is 0 Å². The van der Waals surface area contributed by atoms with Crippen LogP contribution >= 0.6 is 0 Å². The standard InChI is InChI=1S/C20H23N5O2/c1-24(2)16-6-3-14(4-7-16)19(26)21-15-5-8-17-18(13-15)23-20(22-17)25-9-11-27-12-10-25/h3-8,13H,9-12H2,1-2H3,(H,21,26)(H,22,23). The molecule has 2 heterocycles. The molecule has 7 heteroatoms. The predicted octanol–water partition coefficient (Wildman–Crippen LogP) is 2.72. The van der Waals surface area contributed by atoms with Crippen LogP contribution in [0.15, 0.2) is 42.5 Å². The first-order valence-corrected chi connectivity index (χ1v) is 9.01. The molecule has 4 rings (SSSR count). The van der Waals surface area contributed by atoms with Crippen molar-refractivity contribution in [2.75, 3.05) is 55.5 Å². The summed E-state index contributed by atoms with van der Waals surface area (Å²) in [5, 5.41) is 2.95. The number of amides is 1. The van der Waals surface area contributed by atoms with E-state index in [9.17, 15) is 4.79 Å². The second kappa shape index (κ2) is 7.28. The topological polar surface area (TPSA) is 73.5 Å². The van der Waals surface area contributed by atoms with Crippen molar-refractivity contribution in [1.82, 2.24) is 9.97 Å². The van der Waals surface area contributed by atoms with E-state index < -0.39 is 0 Å². The smallest absolute Gasteiger partial charge is 0.255 e. The number of morpholine rings is 1. The van der Waals surface area contributed by atoms with Crippen molar-refractivity contribution in [2.24, 2.45) is 0 Å². The van der Waals surface area contributed by atoms with E-state index in [0.717, 1.165) is 41.4 Å². The number of carbonyl (C=O) groups is 1. The van der Waals surface area contributed by atoms with Gasteiger partial charge in [0, 0.05) is 44.1 Å². The summed E-state index contributed by atoms with van der Waals surface area (Å²) in [5.74, 6) is 0.712. The van der Waals surface area contributed by atoms with E-state index in [-0.39, 0.29) is 5.91 Å². The molecule has 3 aromatic rings. The van der Waals surface area contributed by atoms with E-state index in [1.807, 2.05) is 61.5 Å². The van der Waals surface area contributed by atoms with Crippen molar-refractivity contribution in [3.63, 3.8) is 0 Å². The van der Waals surface area contributed by atoms with E-state index in [0.29, 0.717) is 18.8 Å². The summed E-state index contributed by atoms with van der Waals surface area (Å²) in [6, 6.07) is 13.2. The molecule has 0 spiro atoms. The van der Waals surface area contributed by atoms with E-state index in [1.165, 1.54) is 0 Å². The van der Waals surface area contributed by atoms with Gasteiger partial charge >= 0.3 is 0 Å². The quantitative estimate of drug-likeness (QED) is 0.744. The number of aromatic nitrogens is 2. The summed E-state index contributed by atoms with van der Waals surface area (Å²) in [6.45, 7) is 3.08. The summed E-state index contributed by atoms with van der Waals surface area (Å²) in [7, 11) is 3.94. The summed E-state index contributed by atoms with van der Waals surface area (Å²) >= 11 is 0. The molecule has 1 amide bonds. The molecule has 0 saturated carbocycles. The lowest BCUT2D eigenvalue weighted by molar-refractivity contribution is 0.102. The average Bonchev–Trinajstić information content (AvgIpc) is 3.12. The van der Waals surface area contributed by atoms with Crippen LogP contribution in [-0.2, 0) is 4.74 Å². The van der Waals surface area contributed by atoms with Crippen LogP contribution in [0.3, 0.4) is 0 Å². The van der Waals surface area contributed by atoms with Crippen LogP contribution in [0.2, 0.25) is 0 Å². The Kier molecular flexibility index (Phi) is 4.68. The van der Waals surface area contributed by atoms with E-state index in [2.05, 4.69) is 20.2 Å². The summed E-state index contributed by atoms with van der Waals surface area (Å²) in [4.78, 5) is 24.7. The van der Waals surface area contributed by atoms with Gasteiger partial charge in [0.1, 0.15) is 0 Å². The molecule has 1 aliphatic rings. The minimum atomic E-state index is -0.132. The molecule has 1 fully saturated rings. The van der Waals surface area contributed by atoms with Gasteiger partial charge in [0.25, 0.3) is 5.91 Å². The van der Waals surface area contributed by atoms with Crippen molar-refractivity contribution in [3.05, 3.63) is 48.0 Å². The zero-order chi connectivity index (χ0) is 18.8. The van der Waals surface area contributed by atoms with Gasteiger partial charge < -0.3 is 24.8 Å². The number of aromatic amines is 1. The minimum absolute atomic E-state index is 0.132. The average molecular weight is 365 g/mol. The first-order valence-electron chi connectivity index (χ1n) is 9.01. The highest BCUT2D eigenvalue weighted by Crippen LogP contribution is 2.22. The van der Waals surface area contributed by atoms with Gasteiger partial charge in [-0.3, -0.25) is 4.79 Å². The number of H-pyrrole nitrogens is 1. The van der Waals surface area contributed by atoms with E-state index in [1.54, 1.807) is 0 Å². The van der Waals surface area contributed by atoms with Crippen molar-refractivity contribution >= 4 is 34.3 Å². The minimum Gasteiger partial charge on any atom is -0.378 e. The summed E-state index contributed by atoms with van der Waals surface area (Å²) in [6.07, 6.45) is 0. The van der Waals surface area contributed by atoms with Gasteiger partial charge in [0.2, 0.25) is 5.95 Å². The zero-order valence-corrected chi connectivity index (χ0v) is 15.5. The lowest BCUT2D eigenvalue weighted by Gasteiger charge is -2.26. The number of ether oxygens (including phenoxy) is 1. The predicted molar refractivity (Wildman–Crippen MR) is 108 cm³/mol. The third kappa shape index (κ3) is 3.73. The van der Waals surface area contributed by atoms with Crippen LogP contribution in [0.25, 0.3) is 11.0 Å². The molecule has 0 unspecified atom stereocenters. The normalized spacial score (nSPS) is 14.4. The maximum Gasteiger partial charge on any atom is 0.255 e. The molecule has 0 atom stereocenters. The number of fused-ring (bicyclic) bond motifs is 1. The molecule has 1 aliphatic heterocycles. The Balaban J connectivity index is 1.50. The van der Waals surface area contributed by atoms with Gasteiger partial charge in [-0.15, -0.1) is 0 Å². The van der Waals surface area contributed by atoms with Crippen LogP contribution in [-0.4, -0.2) is 56.3 Å². The number of nitrogens with one attached hydrogen (secondary N) is 2. The Morgan fingerprint density at radius 1 is 1.15 bits per heavy atom. The van der Waals surface area contributed by atoms with Crippen LogP contribution in [0.4, 0.5) is 17.3 Å². The van der Waals surface area contributed by atoms with E-state index in [4.69, 9.17) is 4.74 Å². The molecule has 0 radical (unpaired) electrons. The molecule has 2 N–H and O–H groups in total. The molecule has 140 valence electrons.